The van der Waals surface area contributed by atoms with E-state index in [-0.39, 0.29) is 0 Å². The van der Waals surface area contributed by atoms with E-state index in [4.69, 9.17) is 11.6 Å². The van der Waals surface area contributed by atoms with Gasteiger partial charge in [0.15, 0.2) is 5.15 Å². The first-order valence-electron chi connectivity index (χ1n) is 6.25. The predicted octanol–water partition coefficient (Wildman–Crippen LogP) is 4.15. The van der Waals surface area contributed by atoms with Crippen LogP contribution in [0.2, 0.25) is 5.15 Å². The van der Waals surface area contributed by atoms with E-state index in [9.17, 15) is 0 Å². The first-order chi connectivity index (χ1) is 8.03. The Morgan fingerprint density at radius 3 is 2.76 bits per heavy atom. The third-order valence-corrected chi connectivity index (χ3v) is 3.04. The monoisotopic (exact) mass is 255 g/mol. The van der Waals surface area contributed by atoms with Crippen LogP contribution in [0.1, 0.15) is 46.5 Å². The number of hydrogen-bond donors (Lipinski definition) is 1. The molecule has 0 atom stereocenters. The molecule has 0 aliphatic carbocycles. The lowest BCUT2D eigenvalue weighted by molar-refractivity contribution is 0.342. The summed E-state index contributed by atoms with van der Waals surface area (Å²) in [5.74, 6) is 0. The first-order valence-corrected chi connectivity index (χ1v) is 6.63. The van der Waals surface area contributed by atoms with E-state index < -0.39 is 0 Å². The van der Waals surface area contributed by atoms with Crippen LogP contribution in [0.4, 0.5) is 5.69 Å². The van der Waals surface area contributed by atoms with Gasteiger partial charge in [0.05, 0.1) is 11.9 Å². The molecule has 3 nitrogen and oxygen atoms in total. The summed E-state index contributed by atoms with van der Waals surface area (Å²) in [6.07, 6.45) is 6.81. The maximum Gasteiger partial charge on any atom is 0.153 e. The average Bonchev–Trinajstić information content (AvgIpc) is 2.27. The van der Waals surface area contributed by atoms with Gasteiger partial charge in [-0.1, -0.05) is 51.6 Å². The van der Waals surface area contributed by atoms with Gasteiger partial charge in [-0.05, 0) is 11.8 Å². The smallest absolute Gasteiger partial charge is 0.153 e. The molecule has 0 saturated carbocycles. The van der Waals surface area contributed by atoms with Crippen LogP contribution >= 0.6 is 11.6 Å². The number of nitrogens with one attached hydrogen (secondary N) is 1. The highest BCUT2D eigenvalue weighted by Gasteiger charge is 2.16. The van der Waals surface area contributed by atoms with Crippen molar-refractivity contribution in [3.63, 3.8) is 0 Å². The number of nitrogens with zero attached hydrogens (tertiary/aromatic N) is 2. The summed E-state index contributed by atoms with van der Waals surface area (Å²) in [6, 6.07) is 1.80. The first kappa shape index (κ1) is 14.2. The van der Waals surface area contributed by atoms with Crippen molar-refractivity contribution in [2.75, 3.05) is 11.9 Å². The number of halogens is 1. The fourth-order valence-electron chi connectivity index (χ4n) is 1.72. The van der Waals surface area contributed by atoms with Gasteiger partial charge in [0.25, 0.3) is 0 Å². The Balaban J connectivity index is 2.38. The van der Waals surface area contributed by atoms with Gasteiger partial charge in [0.1, 0.15) is 0 Å². The van der Waals surface area contributed by atoms with E-state index in [2.05, 4.69) is 36.3 Å². The van der Waals surface area contributed by atoms with Gasteiger partial charge < -0.3 is 5.32 Å². The third-order valence-electron chi connectivity index (χ3n) is 2.85. The Bertz CT molecular complexity index is 339. The highest BCUT2D eigenvalue weighted by atomic mass is 35.5. The van der Waals surface area contributed by atoms with Gasteiger partial charge in [-0.25, -0.2) is 0 Å². The van der Waals surface area contributed by atoms with Gasteiger partial charge in [-0.2, -0.15) is 5.10 Å². The average molecular weight is 256 g/mol. The Kier molecular flexibility index (Phi) is 5.69. The van der Waals surface area contributed by atoms with Crippen LogP contribution in [0.5, 0.6) is 0 Å². The minimum Gasteiger partial charge on any atom is -0.383 e. The molecule has 96 valence electrons. The van der Waals surface area contributed by atoms with Gasteiger partial charge in [0.2, 0.25) is 0 Å². The van der Waals surface area contributed by atoms with Crippen LogP contribution in [0.3, 0.4) is 0 Å². The summed E-state index contributed by atoms with van der Waals surface area (Å²) in [5, 5.41) is 11.3. The quantitative estimate of drug-likeness (QED) is 0.744. The molecular formula is C13H22ClN3. The van der Waals surface area contributed by atoms with E-state index in [1.54, 1.807) is 12.3 Å². The molecule has 0 aromatic carbocycles. The predicted molar refractivity (Wildman–Crippen MR) is 73.5 cm³/mol. The van der Waals surface area contributed by atoms with Crippen molar-refractivity contribution < 1.29 is 0 Å². The number of anilines is 1. The zero-order valence-corrected chi connectivity index (χ0v) is 11.7. The number of aromatic nitrogens is 2. The Morgan fingerprint density at radius 1 is 1.35 bits per heavy atom. The lowest BCUT2D eigenvalue weighted by Crippen LogP contribution is -2.23. The molecule has 4 heteroatoms. The summed E-state index contributed by atoms with van der Waals surface area (Å²) >= 11 is 5.78. The Labute approximate surface area is 109 Å². The fourth-order valence-corrected chi connectivity index (χ4v) is 1.88. The Morgan fingerprint density at radius 2 is 2.12 bits per heavy atom. The van der Waals surface area contributed by atoms with Crippen molar-refractivity contribution in [2.45, 2.75) is 46.5 Å². The lowest BCUT2D eigenvalue weighted by atomic mass is 9.87. The number of rotatable bonds is 7. The van der Waals surface area contributed by atoms with Crippen LogP contribution in [-0.4, -0.2) is 16.7 Å². The third kappa shape index (κ3) is 5.87. The van der Waals surface area contributed by atoms with Crippen LogP contribution in [0.25, 0.3) is 0 Å². The second-order valence-electron chi connectivity index (χ2n) is 5.24. The van der Waals surface area contributed by atoms with Crippen molar-refractivity contribution in [3.05, 3.63) is 17.4 Å². The standard InChI is InChI=1S/C13H22ClN3/c1-4-5-6-7-13(2,3)10-15-11-8-12(14)17-16-9-11/h8-9H,4-7,10H2,1-3H3,(H,15,17). The van der Waals surface area contributed by atoms with Crippen molar-refractivity contribution >= 4 is 17.3 Å². The second kappa shape index (κ2) is 6.80. The zero-order chi connectivity index (χ0) is 12.7. The number of unbranched alkanes of at least 4 members (excludes halogenated alkanes) is 2. The molecule has 0 bridgehead atoms. The highest BCUT2D eigenvalue weighted by Crippen LogP contribution is 2.24. The molecule has 0 spiro atoms. The maximum atomic E-state index is 5.78. The molecule has 0 fully saturated rings. The van der Waals surface area contributed by atoms with Crippen molar-refractivity contribution in [1.29, 1.82) is 0 Å². The summed E-state index contributed by atoms with van der Waals surface area (Å²) in [6.45, 7) is 7.73. The van der Waals surface area contributed by atoms with Gasteiger partial charge in [-0.15, -0.1) is 5.10 Å². The summed E-state index contributed by atoms with van der Waals surface area (Å²) in [7, 11) is 0. The van der Waals surface area contributed by atoms with Gasteiger partial charge in [-0.3, -0.25) is 0 Å². The molecule has 1 rings (SSSR count). The topological polar surface area (TPSA) is 37.8 Å². The molecule has 0 amide bonds. The molecule has 0 radical (unpaired) electrons. The van der Waals surface area contributed by atoms with Crippen LogP contribution < -0.4 is 5.32 Å². The van der Waals surface area contributed by atoms with Gasteiger partial charge >= 0.3 is 0 Å². The molecule has 1 heterocycles. The Hall–Kier alpha value is -0.830. The van der Waals surface area contributed by atoms with Crippen LogP contribution in [0, 0.1) is 5.41 Å². The normalized spacial score (nSPS) is 11.5. The highest BCUT2D eigenvalue weighted by molar-refractivity contribution is 6.29. The molecule has 1 N–H and O–H groups in total. The number of hydrogen-bond acceptors (Lipinski definition) is 3. The van der Waals surface area contributed by atoms with E-state index in [1.165, 1.54) is 25.7 Å². The summed E-state index contributed by atoms with van der Waals surface area (Å²) in [5.41, 5.74) is 1.24. The molecule has 0 unspecified atom stereocenters. The van der Waals surface area contributed by atoms with Crippen molar-refractivity contribution in [3.8, 4) is 0 Å². The van der Waals surface area contributed by atoms with E-state index in [0.717, 1.165) is 12.2 Å². The second-order valence-corrected chi connectivity index (χ2v) is 5.63. The molecule has 0 aliphatic rings. The fraction of sp³-hybridized carbons (Fsp3) is 0.692. The van der Waals surface area contributed by atoms with Crippen molar-refractivity contribution in [2.24, 2.45) is 5.41 Å². The van der Waals surface area contributed by atoms with Gasteiger partial charge in [0, 0.05) is 12.6 Å². The minimum atomic E-state index is 0.297. The molecule has 1 aromatic rings. The molecule has 0 saturated heterocycles. The molecule has 0 aliphatic heterocycles. The molecule has 1 aromatic heterocycles. The lowest BCUT2D eigenvalue weighted by Gasteiger charge is -2.25. The van der Waals surface area contributed by atoms with E-state index in [0.29, 0.717) is 10.6 Å². The maximum absolute atomic E-state index is 5.78. The summed E-state index contributed by atoms with van der Waals surface area (Å²) < 4.78 is 0. The molecule has 17 heavy (non-hydrogen) atoms. The summed E-state index contributed by atoms with van der Waals surface area (Å²) in [4.78, 5) is 0. The van der Waals surface area contributed by atoms with Crippen LogP contribution in [-0.2, 0) is 0 Å². The molecular weight excluding hydrogens is 234 g/mol. The zero-order valence-electron chi connectivity index (χ0n) is 11.0. The van der Waals surface area contributed by atoms with Crippen molar-refractivity contribution in [1.82, 2.24) is 10.2 Å². The van der Waals surface area contributed by atoms with E-state index >= 15 is 0 Å². The SMILES string of the molecule is CCCCCC(C)(C)CNc1cnnc(Cl)c1. The van der Waals surface area contributed by atoms with E-state index in [1.807, 2.05) is 0 Å². The minimum absolute atomic E-state index is 0.297. The van der Waals surface area contributed by atoms with Crippen LogP contribution in [0.15, 0.2) is 12.3 Å². The largest absolute Gasteiger partial charge is 0.383 e.